The van der Waals surface area contributed by atoms with Gasteiger partial charge in [0.05, 0.1) is 6.61 Å². The number of carbonyl (C=O) groups is 1. The number of hydrogen-bond donors (Lipinski definition) is 2. The van der Waals surface area contributed by atoms with Gasteiger partial charge in [-0.1, -0.05) is 0 Å². The number of ether oxygens (including phenoxy) is 1. The molecule has 1 heterocycles. The van der Waals surface area contributed by atoms with Gasteiger partial charge in [0.15, 0.2) is 0 Å². The molecule has 2 N–H and O–H groups in total. The number of amides is 1. The summed E-state index contributed by atoms with van der Waals surface area (Å²) in [5.41, 5.74) is 0. The van der Waals surface area contributed by atoms with E-state index in [2.05, 4.69) is 10.6 Å². The Morgan fingerprint density at radius 1 is 1.70 bits per heavy atom. The minimum Gasteiger partial charge on any atom is -0.383 e. The van der Waals surface area contributed by atoms with Crippen LogP contribution in [-0.2, 0) is 9.53 Å². The fourth-order valence-corrected chi connectivity index (χ4v) is 0.949. The van der Waals surface area contributed by atoms with Crippen molar-refractivity contribution in [2.45, 2.75) is 6.04 Å². The summed E-state index contributed by atoms with van der Waals surface area (Å²) >= 11 is 0. The molecule has 0 radical (unpaired) electrons. The molecule has 0 aromatic rings. The highest BCUT2D eigenvalue weighted by Gasteiger charge is 2.20. The monoisotopic (exact) mass is 144 g/mol. The molecule has 0 aliphatic carbocycles. The highest BCUT2D eigenvalue weighted by Crippen LogP contribution is 1.88. The topological polar surface area (TPSA) is 50.4 Å². The summed E-state index contributed by atoms with van der Waals surface area (Å²) in [5, 5.41) is 5.77. The SMILES string of the molecule is COC[C@@H]1NCCNC1=O. The molecule has 1 fully saturated rings. The third-order valence-electron chi connectivity index (χ3n) is 1.46. The van der Waals surface area contributed by atoms with E-state index in [1.807, 2.05) is 0 Å². The van der Waals surface area contributed by atoms with Crippen LogP contribution in [0.3, 0.4) is 0 Å². The average molecular weight is 144 g/mol. The smallest absolute Gasteiger partial charge is 0.239 e. The molecule has 0 spiro atoms. The van der Waals surface area contributed by atoms with Crippen molar-refractivity contribution in [3.8, 4) is 0 Å². The van der Waals surface area contributed by atoms with Crippen LogP contribution in [0.4, 0.5) is 0 Å². The van der Waals surface area contributed by atoms with E-state index in [1.165, 1.54) is 0 Å². The molecule has 0 aromatic heterocycles. The van der Waals surface area contributed by atoms with Crippen LogP contribution in [0.5, 0.6) is 0 Å². The van der Waals surface area contributed by atoms with Gasteiger partial charge in [0, 0.05) is 20.2 Å². The van der Waals surface area contributed by atoms with Crippen LogP contribution in [0, 0.1) is 0 Å². The first-order valence-electron chi connectivity index (χ1n) is 3.34. The van der Waals surface area contributed by atoms with Gasteiger partial charge in [-0.25, -0.2) is 0 Å². The van der Waals surface area contributed by atoms with Gasteiger partial charge in [-0.15, -0.1) is 0 Å². The second-order valence-electron chi connectivity index (χ2n) is 2.25. The van der Waals surface area contributed by atoms with Crippen LogP contribution in [0.15, 0.2) is 0 Å². The van der Waals surface area contributed by atoms with E-state index in [1.54, 1.807) is 7.11 Å². The van der Waals surface area contributed by atoms with Crippen molar-refractivity contribution in [1.29, 1.82) is 0 Å². The predicted octanol–water partition coefficient (Wildman–Crippen LogP) is -1.28. The Kier molecular flexibility index (Phi) is 2.65. The van der Waals surface area contributed by atoms with Crippen molar-refractivity contribution >= 4 is 5.91 Å². The third kappa shape index (κ3) is 1.68. The minimum atomic E-state index is -0.154. The highest BCUT2D eigenvalue weighted by molar-refractivity contribution is 5.82. The molecule has 0 unspecified atom stereocenters. The molecule has 4 heteroatoms. The standard InChI is InChI=1S/C6H12N2O2/c1-10-4-5-6(9)8-3-2-7-5/h5,7H,2-4H2,1H3,(H,8,9)/t5-/m0/s1. The maximum atomic E-state index is 10.9. The van der Waals surface area contributed by atoms with Crippen LogP contribution in [0.25, 0.3) is 0 Å². The molecule has 1 aliphatic heterocycles. The zero-order chi connectivity index (χ0) is 7.40. The van der Waals surface area contributed by atoms with Gasteiger partial charge >= 0.3 is 0 Å². The normalized spacial score (nSPS) is 26.1. The van der Waals surface area contributed by atoms with E-state index in [0.29, 0.717) is 6.61 Å². The second-order valence-corrected chi connectivity index (χ2v) is 2.25. The first kappa shape index (κ1) is 7.50. The van der Waals surface area contributed by atoms with Crippen molar-refractivity contribution in [1.82, 2.24) is 10.6 Å². The van der Waals surface area contributed by atoms with Crippen LogP contribution in [0.1, 0.15) is 0 Å². The number of hydrogen-bond acceptors (Lipinski definition) is 3. The summed E-state index contributed by atoms with van der Waals surface area (Å²) in [6.07, 6.45) is 0. The second kappa shape index (κ2) is 3.53. The van der Waals surface area contributed by atoms with E-state index in [9.17, 15) is 4.79 Å². The Bertz CT molecular complexity index is 125. The molecular formula is C6H12N2O2. The molecule has 0 bridgehead atoms. The number of nitrogens with one attached hydrogen (secondary N) is 2. The summed E-state index contributed by atoms with van der Waals surface area (Å²) in [4.78, 5) is 10.9. The van der Waals surface area contributed by atoms with Crippen molar-refractivity contribution in [2.75, 3.05) is 26.8 Å². The predicted molar refractivity (Wildman–Crippen MR) is 36.7 cm³/mol. The Labute approximate surface area is 59.9 Å². The van der Waals surface area contributed by atoms with Crippen LogP contribution >= 0.6 is 0 Å². The number of piperazine rings is 1. The molecule has 1 atom stereocenters. The fourth-order valence-electron chi connectivity index (χ4n) is 0.949. The van der Waals surface area contributed by atoms with Gasteiger partial charge in [-0.2, -0.15) is 0 Å². The van der Waals surface area contributed by atoms with Gasteiger partial charge in [-0.3, -0.25) is 4.79 Å². The molecule has 1 aliphatic rings. The molecule has 0 saturated carbocycles. The van der Waals surface area contributed by atoms with Crippen molar-refractivity contribution in [2.24, 2.45) is 0 Å². The molecular weight excluding hydrogens is 132 g/mol. The number of rotatable bonds is 2. The molecule has 58 valence electrons. The maximum Gasteiger partial charge on any atom is 0.239 e. The molecule has 10 heavy (non-hydrogen) atoms. The van der Waals surface area contributed by atoms with Gasteiger partial charge in [0.25, 0.3) is 0 Å². The van der Waals surface area contributed by atoms with E-state index in [-0.39, 0.29) is 11.9 Å². The first-order valence-corrected chi connectivity index (χ1v) is 3.34. The van der Waals surface area contributed by atoms with E-state index in [4.69, 9.17) is 4.74 Å². The molecule has 0 aromatic carbocycles. The Hall–Kier alpha value is -0.610. The quantitative estimate of drug-likeness (QED) is 0.507. The van der Waals surface area contributed by atoms with Crippen molar-refractivity contribution in [3.05, 3.63) is 0 Å². The van der Waals surface area contributed by atoms with Gasteiger partial charge in [-0.05, 0) is 0 Å². The minimum absolute atomic E-state index is 0.0353. The fraction of sp³-hybridized carbons (Fsp3) is 0.833. The Balaban J connectivity index is 2.32. The summed E-state index contributed by atoms with van der Waals surface area (Å²) in [6.45, 7) is 2.00. The van der Waals surface area contributed by atoms with Crippen molar-refractivity contribution in [3.63, 3.8) is 0 Å². The summed E-state index contributed by atoms with van der Waals surface area (Å²) in [6, 6.07) is -0.154. The summed E-state index contributed by atoms with van der Waals surface area (Å²) < 4.78 is 4.83. The lowest BCUT2D eigenvalue weighted by Crippen LogP contribution is -2.54. The van der Waals surface area contributed by atoms with E-state index >= 15 is 0 Å². The van der Waals surface area contributed by atoms with E-state index < -0.39 is 0 Å². The zero-order valence-electron chi connectivity index (χ0n) is 6.02. The number of carbonyl (C=O) groups excluding carboxylic acids is 1. The molecule has 1 saturated heterocycles. The molecule has 1 rings (SSSR count). The summed E-state index contributed by atoms with van der Waals surface area (Å²) in [7, 11) is 1.59. The van der Waals surface area contributed by atoms with Gasteiger partial charge in [0.1, 0.15) is 6.04 Å². The zero-order valence-corrected chi connectivity index (χ0v) is 6.02. The summed E-state index contributed by atoms with van der Waals surface area (Å²) in [5.74, 6) is 0.0353. The maximum absolute atomic E-state index is 10.9. The van der Waals surface area contributed by atoms with Gasteiger partial charge < -0.3 is 15.4 Å². The number of methoxy groups -OCH3 is 1. The Morgan fingerprint density at radius 3 is 3.10 bits per heavy atom. The molecule has 1 amide bonds. The van der Waals surface area contributed by atoms with Crippen molar-refractivity contribution < 1.29 is 9.53 Å². The largest absolute Gasteiger partial charge is 0.383 e. The van der Waals surface area contributed by atoms with E-state index in [0.717, 1.165) is 13.1 Å². The van der Waals surface area contributed by atoms with Crippen LogP contribution < -0.4 is 10.6 Å². The third-order valence-corrected chi connectivity index (χ3v) is 1.46. The lowest BCUT2D eigenvalue weighted by Gasteiger charge is -2.22. The first-order chi connectivity index (χ1) is 4.84. The average Bonchev–Trinajstić information content (AvgIpc) is 1.94. The highest BCUT2D eigenvalue weighted by atomic mass is 16.5. The Morgan fingerprint density at radius 2 is 2.50 bits per heavy atom. The lowest BCUT2D eigenvalue weighted by molar-refractivity contribution is -0.125. The van der Waals surface area contributed by atoms with Crippen LogP contribution in [0.2, 0.25) is 0 Å². The molecule has 4 nitrogen and oxygen atoms in total. The lowest BCUT2D eigenvalue weighted by atomic mass is 10.2. The van der Waals surface area contributed by atoms with Gasteiger partial charge in [0.2, 0.25) is 5.91 Å². The van der Waals surface area contributed by atoms with Crippen LogP contribution in [-0.4, -0.2) is 38.8 Å².